The van der Waals surface area contributed by atoms with Crippen molar-refractivity contribution in [2.24, 2.45) is 0 Å². The molecule has 1 aromatic heterocycles. The van der Waals surface area contributed by atoms with Crippen molar-refractivity contribution in [3.8, 4) is 0 Å². The number of hydrogen-bond acceptors (Lipinski definition) is 0. The first kappa shape index (κ1) is 15.4. The van der Waals surface area contributed by atoms with Gasteiger partial charge in [-0.3, -0.25) is 0 Å². The third-order valence-electron chi connectivity index (χ3n) is 1.98. The molecule has 0 saturated heterocycles. The van der Waals surface area contributed by atoms with Crippen LogP contribution in [0.25, 0.3) is 10.9 Å². The summed E-state index contributed by atoms with van der Waals surface area (Å²) in [6, 6.07) is 1.77. The zero-order chi connectivity index (χ0) is 13.2. The van der Waals surface area contributed by atoms with Gasteiger partial charge >= 0.3 is 40.9 Å². The summed E-state index contributed by atoms with van der Waals surface area (Å²) in [5.74, 6) is -0.967. The maximum atomic E-state index is 13.2. The molecule has 0 amide bonds. The van der Waals surface area contributed by atoms with Crippen LogP contribution in [0.2, 0.25) is 0 Å². The zero-order valence-electron chi connectivity index (χ0n) is 7.80. The van der Waals surface area contributed by atoms with Gasteiger partial charge in [0.05, 0.1) is 5.56 Å². The summed E-state index contributed by atoms with van der Waals surface area (Å²) < 4.78 is 50.4. The first-order valence-electron chi connectivity index (χ1n) is 4.01. The predicted molar refractivity (Wildman–Crippen MR) is 63.9 cm³/mol. The summed E-state index contributed by atoms with van der Waals surface area (Å²) in [5.41, 5.74) is -1.09. The zero-order valence-corrected chi connectivity index (χ0v) is 14.1. The van der Waals surface area contributed by atoms with E-state index < -0.39 is 17.6 Å². The van der Waals surface area contributed by atoms with Crippen molar-refractivity contribution < 1.29 is 32.6 Å². The van der Waals surface area contributed by atoms with Gasteiger partial charge in [0.25, 0.3) is 0 Å². The van der Waals surface area contributed by atoms with Crippen LogP contribution in [0.5, 0.6) is 0 Å². The van der Waals surface area contributed by atoms with E-state index in [-0.39, 0.29) is 15.4 Å². The standard InChI is InChI=1S/C9H3BrF4N.HI.Os/c10-7-4-1-2-15-8(4)6(11)3-5(7)9(12,13)14;;/h1-3H;1H;/q-1;;+1/p-1. The van der Waals surface area contributed by atoms with Crippen LogP contribution in [0.1, 0.15) is 5.56 Å². The van der Waals surface area contributed by atoms with Crippen molar-refractivity contribution in [2.75, 3.05) is 0 Å². The van der Waals surface area contributed by atoms with Crippen molar-refractivity contribution in [1.29, 1.82) is 0 Å². The van der Waals surface area contributed by atoms with Crippen LogP contribution >= 0.6 is 35.6 Å². The summed E-state index contributed by atoms with van der Waals surface area (Å²) in [6.07, 6.45) is -3.32. The molecule has 1 heterocycles. The SMILES string of the molecule is Fc1cc(C(F)(F)F)c(Br)c2cc[n-]c12.[I][Os]. The minimum atomic E-state index is -4.58. The van der Waals surface area contributed by atoms with E-state index in [0.29, 0.717) is 6.07 Å². The fraction of sp³-hybridized carbons (Fsp3) is 0.111. The van der Waals surface area contributed by atoms with E-state index in [9.17, 15) is 17.6 Å². The average molecular weight is 598 g/mol. The van der Waals surface area contributed by atoms with Gasteiger partial charge in [-0.05, 0) is 27.4 Å². The van der Waals surface area contributed by atoms with Gasteiger partial charge in [0.15, 0.2) is 0 Å². The Morgan fingerprint density at radius 2 is 1.88 bits per heavy atom. The number of alkyl halides is 3. The third-order valence-corrected chi connectivity index (χ3v) is 2.83. The first-order valence-corrected chi connectivity index (χ1v) is 12.0. The Kier molecular flexibility index (Phi) is 5.41. The fourth-order valence-corrected chi connectivity index (χ4v) is 1.97. The summed E-state index contributed by atoms with van der Waals surface area (Å²) in [4.78, 5) is 3.63. The van der Waals surface area contributed by atoms with Crippen LogP contribution < -0.4 is 4.98 Å². The molecule has 17 heavy (non-hydrogen) atoms. The van der Waals surface area contributed by atoms with Crippen molar-refractivity contribution in [2.45, 2.75) is 6.18 Å². The predicted octanol–water partition coefficient (Wildman–Crippen LogP) is 4.60. The van der Waals surface area contributed by atoms with Crippen LogP contribution in [0.15, 0.2) is 22.8 Å². The molecular weight excluding hydrogens is 595 g/mol. The molecule has 2 rings (SSSR count). The molecule has 0 aliphatic heterocycles. The van der Waals surface area contributed by atoms with Crippen molar-refractivity contribution in [3.63, 3.8) is 0 Å². The van der Waals surface area contributed by atoms with Crippen molar-refractivity contribution in [1.82, 2.24) is 4.98 Å². The van der Waals surface area contributed by atoms with Crippen LogP contribution in [-0.2, 0) is 21.2 Å². The Hall–Kier alpha value is 0.326. The molecule has 8 heteroatoms. The van der Waals surface area contributed by atoms with Crippen LogP contribution in [0.4, 0.5) is 17.6 Å². The molecule has 1 nitrogen and oxygen atoms in total. The molecule has 0 aliphatic rings. The third kappa shape index (κ3) is 3.21. The quantitative estimate of drug-likeness (QED) is 0.320. The van der Waals surface area contributed by atoms with Gasteiger partial charge in [-0.15, -0.1) is 0 Å². The Balaban J connectivity index is 0.000000686. The number of aromatic nitrogens is 1. The molecule has 0 aliphatic carbocycles. The molecule has 2 aromatic rings. The van der Waals surface area contributed by atoms with Crippen molar-refractivity contribution in [3.05, 3.63) is 34.2 Å². The Morgan fingerprint density at radius 3 is 2.41 bits per heavy atom. The van der Waals surface area contributed by atoms with Crippen LogP contribution in [0.3, 0.4) is 0 Å². The van der Waals surface area contributed by atoms with Gasteiger partial charge in [0, 0.05) is 4.47 Å². The van der Waals surface area contributed by atoms with E-state index in [0.717, 1.165) is 0 Å². The van der Waals surface area contributed by atoms with Crippen LogP contribution in [0, 0.1) is 5.82 Å². The molecular formula is C9H3BrF4INOs-. The Labute approximate surface area is 123 Å². The van der Waals surface area contributed by atoms with E-state index in [1.807, 2.05) is 15.1 Å². The van der Waals surface area contributed by atoms with E-state index in [1.165, 1.54) is 12.3 Å². The first-order chi connectivity index (χ1) is 7.91. The van der Waals surface area contributed by atoms with Gasteiger partial charge in [0.2, 0.25) is 0 Å². The molecule has 0 fully saturated rings. The molecule has 0 N–H and O–H groups in total. The average Bonchev–Trinajstić information content (AvgIpc) is 2.74. The second kappa shape index (κ2) is 5.98. The Morgan fingerprint density at radius 1 is 1.29 bits per heavy atom. The Bertz CT molecular complexity index is 525. The van der Waals surface area contributed by atoms with Gasteiger partial charge in [-0.25, -0.2) is 4.39 Å². The summed E-state index contributed by atoms with van der Waals surface area (Å²) in [5, 5.41) is 0.127. The van der Waals surface area contributed by atoms with Gasteiger partial charge in [-0.1, -0.05) is 11.6 Å². The summed E-state index contributed by atoms with van der Waals surface area (Å²) in [6.45, 7) is 0. The molecule has 0 bridgehead atoms. The molecule has 0 saturated carbocycles. The minimum absolute atomic E-state index is 0.0603. The fourth-order valence-electron chi connectivity index (χ4n) is 1.31. The number of nitrogens with zero attached hydrogens (tertiary/aromatic N) is 1. The normalized spacial score (nSPS) is 11.2. The number of rotatable bonds is 0. The molecule has 95 valence electrons. The second-order valence-corrected chi connectivity index (χ2v) is 3.72. The van der Waals surface area contributed by atoms with E-state index in [1.54, 1.807) is 0 Å². The topological polar surface area (TPSA) is 14.1 Å². The maximum absolute atomic E-state index is 13.2. The number of halogens is 6. The monoisotopic (exact) mass is 599 g/mol. The molecule has 1 aromatic carbocycles. The van der Waals surface area contributed by atoms with E-state index in [2.05, 4.69) is 40.6 Å². The van der Waals surface area contributed by atoms with Gasteiger partial charge in [-0.2, -0.15) is 19.4 Å². The van der Waals surface area contributed by atoms with E-state index >= 15 is 0 Å². The summed E-state index contributed by atoms with van der Waals surface area (Å²) >= 11 is 6.81. The molecule has 0 radical (unpaired) electrons. The molecule has 0 spiro atoms. The number of hydrogen-bond donors (Lipinski definition) is 0. The molecule has 0 unspecified atom stereocenters. The number of benzene rings is 1. The van der Waals surface area contributed by atoms with Gasteiger partial charge < -0.3 is 4.98 Å². The number of fused-ring (bicyclic) bond motifs is 1. The van der Waals surface area contributed by atoms with E-state index in [4.69, 9.17) is 0 Å². The van der Waals surface area contributed by atoms with Crippen LogP contribution in [-0.4, -0.2) is 0 Å². The second-order valence-electron chi connectivity index (χ2n) is 2.92. The van der Waals surface area contributed by atoms with Crippen molar-refractivity contribution >= 4 is 46.5 Å². The van der Waals surface area contributed by atoms with Gasteiger partial charge in [0.1, 0.15) is 5.82 Å². The summed E-state index contributed by atoms with van der Waals surface area (Å²) in [7, 11) is 0. The molecule has 0 atom stereocenters.